The summed E-state index contributed by atoms with van der Waals surface area (Å²) in [5.41, 5.74) is -0.0155. The van der Waals surface area contributed by atoms with Gasteiger partial charge in [-0.2, -0.15) is 8.78 Å². The molecule has 0 bridgehead atoms. The molecule has 0 amide bonds. The second-order valence-corrected chi connectivity index (χ2v) is 2.95. The van der Waals surface area contributed by atoms with E-state index in [2.05, 4.69) is 0 Å². The van der Waals surface area contributed by atoms with Crippen LogP contribution >= 0.6 is 0 Å². The van der Waals surface area contributed by atoms with Gasteiger partial charge in [0.25, 0.3) is 0 Å². The highest BCUT2D eigenvalue weighted by atomic mass is 19.3. The Hall–Kier alpha value is -1.45. The number of alkyl halides is 2. The summed E-state index contributed by atoms with van der Waals surface area (Å²) in [7, 11) is 1.46. The number of halogens is 2. The monoisotopic (exact) mass is 200 g/mol. The number of Topliss-reactive ketones (excluding diaryl/α,β-unsaturated/α-hetero) is 1. The van der Waals surface area contributed by atoms with E-state index in [1.165, 1.54) is 31.4 Å². The van der Waals surface area contributed by atoms with Gasteiger partial charge >= 0.3 is 5.92 Å². The van der Waals surface area contributed by atoms with Gasteiger partial charge in [-0.15, -0.1) is 0 Å². The van der Waals surface area contributed by atoms with E-state index in [1.807, 2.05) is 0 Å². The van der Waals surface area contributed by atoms with Crippen molar-refractivity contribution in [3.8, 4) is 5.75 Å². The van der Waals surface area contributed by atoms with Crippen molar-refractivity contribution in [1.82, 2.24) is 0 Å². The molecule has 0 aliphatic carbocycles. The highest BCUT2D eigenvalue weighted by molar-refractivity contribution is 6.01. The zero-order valence-corrected chi connectivity index (χ0v) is 7.88. The average molecular weight is 200 g/mol. The van der Waals surface area contributed by atoms with Crippen LogP contribution in [-0.2, 0) is 0 Å². The SMILES string of the molecule is COc1ccc(C(=O)C(C)(F)F)cc1. The molecule has 2 nitrogen and oxygen atoms in total. The van der Waals surface area contributed by atoms with E-state index in [4.69, 9.17) is 4.74 Å². The first-order chi connectivity index (χ1) is 6.45. The second kappa shape index (κ2) is 3.74. The minimum absolute atomic E-state index is 0.0155. The molecule has 0 saturated heterocycles. The summed E-state index contributed by atoms with van der Waals surface area (Å²) in [6, 6.07) is 5.58. The molecule has 0 aromatic heterocycles. The topological polar surface area (TPSA) is 26.3 Å². The predicted octanol–water partition coefficient (Wildman–Crippen LogP) is 2.53. The molecular formula is C10H10F2O2. The second-order valence-electron chi connectivity index (χ2n) is 2.95. The molecule has 0 aliphatic rings. The van der Waals surface area contributed by atoms with Crippen LogP contribution in [0.1, 0.15) is 17.3 Å². The molecule has 0 aliphatic heterocycles. The third-order valence-corrected chi connectivity index (χ3v) is 1.75. The standard InChI is InChI=1S/C10H10F2O2/c1-10(11,12)9(13)7-3-5-8(14-2)6-4-7/h3-6H,1-2H3. The number of ether oxygens (including phenoxy) is 1. The Morgan fingerprint density at radius 2 is 1.79 bits per heavy atom. The van der Waals surface area contributed by atoms with Gasteiger partial charge in [-0.25, -0.2) is 0 Å². The number of carbonyl (C=O) groups excluding carboxylic acids is 1. The van der Waals surface area contributed by atoms with E-state index in [0.717, 1.165) is 0 Å². The Bertz CT molecular complexity index is 325. The average Bonchev–Trinajstić information content (AvgIpc) is 2.15. The van der Waals surface area contributed by atoms with Gasteiger partial charge in [0, 0.05) is 12.5 Å². The largest absolute Gasteiger partial charge is 0.497 e. The predicted molar refractivity (Wildman–Crippen MR) is 47.9 cm³/mol. The zero-order chi connectivity index (χ0) is 10.8. The first-order valence-corrected chi connectivity index (χ1v) is 4.02. The molecule has 1 aromatic rings. The Morgan fingerprint density at radius 1 is 1.29 bits per heavy atom. The van der Waals surface area contributed by atoms with Gasteiger partial charge in [-0.1, -0.05) is 0 Å². The molecule has 4 heteroatoms. The minimum atomic E-state index is -3.32. The summed E-state index contributed by atoms with van der Waals surface area (Å²) in [6.45, 7) is 0.583. The summed E-state index contributed by atoms with van der Waals surface area (Å²) >= 11 is 0. The van der Waals surface area contributed by atoms with Crippen LogP contribution in [0.5, 0.6) is 5.75 Å². The van der Waals surface area contributed by atoms with Gasteiger partial charge in [-0.3, -0.25) is 4.79 Å². The van der Waals surface area contributed by atoms with Gasteiger partial charge in [0.05, 0.1) is 7.11 Å². The van der Waals surface area contributed by atoms with Gasteiger partial charge < -0.3 is 4.74 Å². The van der Waals surface area contributed by atoms with Crippen molar-refractivity contribution in [2.75, 3.05) is 7.11 Å². The van der Waals surface area contributed by atoms with Crippen LogP contribution < -0.4 is 4.74 Å². The first kappa shape index (κ1) is 10.6. The lowest BCUT2D eigenvalue weighted by Crippen LogP contribution is -2.24. The molecule has 14 heavy (non-hydrogen) atoms. The quantitative estimate of drug-likeness (QED) is 0.701. The number of methoxy groups -OCH3 is 1. The number of benzene rings is 1. The van der Waals surface area contributed by atoms with Gasteiger partial charge in [0.15, 0.2) is 0 Å². The minimum Gasteiger partial charge on any atom is -0.497 e. The summed E-state index contributed by atoms with van der Waals surface area (Å²) in [6.07, 6.45) is 0. The molecule has 0 heterocycles. The Kier molecular flexibility index (Phi) is 2.84. The van der Waals surface area contributed by atoms with Crippen molar-refractivity contribution in [2.45, 2.75) is 12.8 Å². The van der Waals surface area contributed by atoms with Crippen LogP contribution in [-0.4, -0.2) is 18.8 Å². The maximum atomic E-state index is 12.6. The lowest BCUT2D eigenvalue weighted by molar-refractivity contribution is 0.0221. The molecule has 76 valence electrons. The summed E-state index contributed by atoms with van der Waals surface area (Å²) in [4.78, 5) is 11.1. The highest BCUT2D eigenvalue weighted by Gasteiger charge is 2.32. The fourth-order valence-corrected chi connectivity index (χ4v) is 0.996. The number of carbonyl (C=O) groups is 1. The molecule has 1 rings (SSSR count). The molecule has 0 spiro atoms. The molecule has 0 unspecified atom stereocenters. The van der Waals surface area contributed by atoms with E-state index >= 15 is 0 Å². The van der Waals surface area contributed by atoms with E-state index in [9.17, 15) is 13.6 Å². The Morgan fingerprint density at radius 3 is 2.14 bits per heavy atom. The van der Waals surface area contributed by atoms with Crippen molar-refractivity contribution in [2.24, 2.45) is 0 Å². The molecule has 0 atom stereocenters. The van der Waals surface area contributed by atoms with Crippen molar-refractivity contribution < 1.29 is 18.3 Å². The van der Waals surface area contributed by atoms with Gasteiger partial charge in [0.1, 0.15) is 5.75 Å². The lowest BCUT2D eigenvalue weighted by atomic mass is 10.1. The fraction of sp³-hybridized carbons (Fsp3) is 0.300. The third-order valence-electron chi connectivity index (χ3n) is 1.75. The van der Waals surface area contributed by atoms with Gasteiger partial charge in [0.2, 0.25) is 5.78 Å². The Balaban J connectivity index is 2.93. The van der Waals surface area contributed by atoms with Gasteiger partial charge in [-0.05, 0) is 24.3 Å². The third kappa shape index (κ3) is 2.28. The van der Waals surface area contributed by atoms with E-state index in [0.29, 0.717) is 12.7 Å². The maximum Gasteiger partial charge on any atom is 0.307 e. The Labute approximate surface area is 80.5 Å². The summed E-state index contributed by atoms with van der Waals surface area (Å²) < 4.78 is 30.0. The van der Waals surface area contributed by atoms with Crippen LogP contribution in [0.25, 0.3) is 0 Å². The van der Waals surface area contributed by atoms with Crippen LogP contribution in [0.2, 0.25) is 0 Å². The van der Waals surface area contributed by atoms with Crippen LogP contribution in [0.4, 0.5) is 8.78 Å². The summed E-state index contributed by atoms with van der Waals surface area (Å²) in [5.74, 6) is -3.98. The molecular weight excluding hydrogens is 190 g/mol. The van der Waals surface area contributed by atoms with E-state index in [1.54, 1.807) is 0 Å². The number of rotatable bonds is 3. The first-order valence-electron chi connectivity index (χ1n) is 4.02. The molecule has 0 N–H and O–H groups in total. The van der Waals surface area contributed by atoms with Crippen molar-refractivity contribution in [3.63, 3.8) is 0 Å². The molecule has 0 radical (unpaired) electrons. The molecule has 1 aromatic carbocycles. The van der Waals surface area contributed by atoms with Crippen LogP contribution in [0, 0.1) is 0 Å². The summed E-state index contributed by atoms with van der Waals surface area (Å²) in [5, 5.41) is 0. The maximum absolute atomic E-state index is 12.6. The van der Waals surface area contributed by atoms with Crippen molar-refractivity contribution in [1.29, 1.82) is 0 Å². The lowest BCUT2D eigenvalue weighted by Gasteiger charge is -2.08. The fourth-order valence-electron chi connectivity index (χ4n) is 0.996. The van der Waals surface area contributed by atoms with E-state index in [-0.39, 0.29) is 5.56 Å². The van der Waals surface area contributed by atoms with Crippen molar-refractivity contribution >= 4 is 5.78 Å². The number of hydrogen-bond acceptors (Lipinski definition) is 2. The number of hydrogen-bond donors (Lipinski definition) is 0. The molecule has 0 saturated carbocycles. The zero-order valence-electron chi connectivity index (χ0n) is 7.88. The number of ketones is 1. The normalized spacial score (nSPS) is 11.1. The van der Waals surface area contributed by atoms with Crippen molar-refractivity contribution in [3.05, 3.63) is 29.8 Å². The molecule has 0 fully saturated rings. The van der Waals surface area contributed by atoms with E-state index < -0.39 is 11.7 Å². The highest BCUT2D eigenvalue weighted by Crippen LogP contribution is 2.20. The smallest absolute Gasteiger partial charge is 0.307 e. The van der Waals surface area contributed by atoms with Crippen LogP contribution in [0.3, 0.4) is 0 Å². The van der Waals surface area contributed by atoms with Crippen LogP contribution in [0.15, 0.2) is 24.3 Å².